The molecule has 2 aromatic carbocycles. The highest BCUT2D eigenvalue weighted by molar-refractivity contribution is 7.89. The topological polar surface area (TPSA) is 151 Å². The smallest absolute Gasteiger partial charge is 0.406 e. The number of sulfonamides is 1. The summed E-state index contributed by atoms with van der Waals surface area (Å²) in [6.45, 7) is 5.89. The van der Waals surface area contributed by atoms with Crippen molar-refractivity contribution in [1.29, 1.82) is 0 Å². The molecule has 2 rings (SSSR count). The molecule has 6 N–H and O–H groups in total. The maximum absolute atomic E-state index is 13.5. The molecule has 0 unspecified atom stereocenters. The highest BCUT2D eigenvalue weighted by atomic mass is 32.2. The van der Waals surface area contributed by atoms with Crippen molar-refractivity contribution in [3.05, 3.63) is 59.7 Å². The average Bonchev–Trinajstić information content (AvgIpc) is 2.73. The number of hydrogen-bond donors (Lipinski definition) is 5. The lowest BCUT2D eigenvalue weighted by atomic mass is 9.82. The molecule has 0 bridgehead atoms. The zero-order chi connectivity index (χ0) is 25.6. The fourth-order valence-electron chi connectivity index (χ4n) is 3.91. The first-order valence-corrected chi connectivity index (χ1v) is 12.5. The van der Waals surface area contributed by atoms with Crippen LogP contribution in [0.15, 0.2) is 53.4 Å². The lowest BCUT2D eigenvalue weighted by molar-refractivity contribution is 0.0637. The van der Waals surface area contributed by atoms with Gasteiger partial charge in [-0.3, -0.25) is 5.32 Å². The molecule has 0 heterocycles. The molecule has 10 heteroatoms. The maximum Gasteiger partial charge on any atom is 0.406 e. The van der Waals surface area contributed by atoms with Gasteiger partial charge in [-0.1, -0.05) is 44.2 Å². The normalized spacial score (nSPS) is 14.8. The van der Waals surface area contributed by atoms with Crippen LogP contribution < -0.4 is 20.5 Å². The number of rotatable bonds is 12. The van der Waals surface area contributed by atoms with Gasteiger partial charge in [0, 0.05) is 6.42 Å². The monoisotopic (exact) mass is 493 g/mol. The van der Waals surface area contributed by atoms with E-state index in [9.17, 15) is 23.4 Å². The van der Waals surface area contributed by atoms with Crippen molar-refractivity contribution in [2.24, 2.45) is 11.1 Å². The highest BCUT2D eigenvalue weighted by Crippen LogP contribution is 2.32. The van der Waals surface area contributed by atoms with E-state index in [2.05, 4.69) is 10.0 Å². The summed E-state index contributed by atoms with van der Waals surface area (Å²) >= 11 is 0. The van der Waals surface area contributed by atoms with Gasteiger partial charge in [-0.15, -0.1) is 0 Å². The van der Waals surface area contributed by atoms with Crippen LogP contribution in [0.2, 0.25) is 0 Å². The van der Waals surface area contributed by atoms with Crippen LogP contribution in [-0.2, 0) is 22.9 Å². The Morgan fingerprint density at radius 2 is 1.79 bits per heavy atom. The number of carbonyl (C=O) groups is 1. The Kier molecular flexibility index (Phi) is 9.07. The van der Waals surface area contributed by atoms with Crippen molar-refractivity contribution in [2.45, 2.75) is 56.7 Å². The molecule has 2 atom stereocenters. The number of aliphatic hydroxyl groups is 1. The van der Waals surface area contributed by atoms with Crippen LogP contribution in [0.1, 0.15) is 38.3 Å². The van der Waals surface area contributed by atoms with E-state index < -0.39 is 27.9 Å². The average molecular weight is 494 g/mol. The molecule has 0 aliphatic rings. The van der Waals surface area contributed by atoms with Gasteiger partial charge >= 0.3 is 6.09 Å². The predicted molar refractivity (Wildman–Crippen MR) is 130 cm³/mol. The van der Waals surface area contributed by atoms with Gasteiger partial charge in [-0.2, -0.15) is 4.72 Å². The summed E-state index contributed by atoms with van der Waals surface area (Å²) in [6, 6.07) is 13.2. The minimum absolute atomic E-state index is 0.0721. The predicted octanol–water partition coefficient (Wildman–Crippen LogP) is 2.48. The number of carboxylic acid groups (broad SMARTS) is 1. The summed E-state index contributed by atoms with van der Waals surface area (Å²) < 4.78 is 34.8. The Bertz CT molecular complexity index is 1070. The lowest BCUT2D eigenvalue weighted by Gasteiger charge is -2.37. The van der Waals surface area contributed by atoms with Crippen molar-refractivity contribution >= 4 is 16.1 Å². The van der Waals surface area contributed by atoms with E-state index in [1.165, 1.54) is 26.2 Å². The number of aliphatic hydroxyl groups excluding tert-OH is 1. The molecule has 9 nitrogen and oxygen atoms in total. The summed E-state index contributed by atoms with van der Waals surface area (Å²) in [6.07, 6.45) is -1.71. The van der Waals surface area contributed by atoms with Gasteiger partial charge < -0.3 is 20.7 Å². The lowest BCUT2D eigenvalue weighted by Crippen LogP contribution is -2.67. The highest BCUT2D eigenvalue weighted by Gasteiger charge is 2.41. The number of ether oxygens (including phenoxy) is 1. The molecule has 0 aromatic heterocycles. The molecule has 0 saturated carbocycles. The fourth-order valence-corrected chi connectivity index (χ4v) is 5.34. The van der Waals surface area contributed by atoms with Crippen LogP contribution >= 0.6 is 0 Å². The summed E-state index contributed by atoms with van der Waals surface area (Å²) in [7, 11) is -2.75. The first-order valence-electron chi connectivity index (χ1n) is 11.0. The Morgan fingerprint density at radius 3 is 2.32 bits per heavy atom. The van der Waals surface area contributed by atoms with E-state index in [4.69, 9.17) is 10.5 Å². The number of methoxy groups -OCH3 is 1. The van der Waals surface area contributed by atoms with Gasteiger partial charge in [0.2, 0.25) is 10.0 Å². The molecule has 0 spiro atoms. The molecule has 34 heavy (non-hydrogen) atoms. The molecule has 2 aromatic rings. The van der Waals surface area contributed by atoms with Crippen LogP contribution in [0.3, 0.4) is 0 Å². The number of hydrogen-bond acceptors (Lipinski definition) is 6. The van der Waals surface area contributed by atoms with E-state index in [1.54, 1.807) is 36.4 Å². The first-order chi connectivity index (χ1) is 15.8. The van der Waals surface area contributed by atoms with Crippen molar-refractivity contribution in [3.63, 3.8) is 0 Å². The third-order valence-corrected chi connectivity index (χ3v) is 7.25. The summed E-state index contributed by atoms with van der Waals surface area (Å²) in [5.74, 6) is 0.541. The first kappa shape index (κ1) is 27.6. The largest absolute Gasteiger partial charge is 0.496 e. The summed E-state index contributed by atoms with van der Waals surface area (Å²) in [5, 5.41) is 22.2. The van der Waals surface area contributed by atoms with Crippen LogP contribution in [0.4, 0.5) is 4.79 Å². The van der Waals surface area contributed by atoms with Gasteiger partial charge in [0.1, 0.15) is 11.4 Å². The second-order valence-electron chi connectivity index (χ2n) is 9.20. The third-order valence-electron chi connectivity index (χ3n) is 5.74. The molecular formula is C24H35N3O6S. The third kappa shape index (κ3) is 7.17. The van der Waals surface area contributed by atoms with Gasteiger partial charge in [-0.05, 0) is 61.1 Å². The van der Waals surface area contributed by atoms with E-state index >= 15 is 0 Å². The molecule has 0 radical (unpaired) electrons. The molecule has 0 saturated heterocycles. The van der Waals surface area contributed by atoms with Crippen molar-refractivity contribution in [1.82, 2.24) is 10.0 Å². The van der Waals surface area contributed by atoms with E-state index in [-0.39, 0.29) is 16.7 Å². The zero-order valence-corrected chi connectivity index (χ0v) is 20.9. The Labute approximate surface area is 201 Å². The number of amides is 1. The van der Waals surface area contributed by atoms with Crippen molar-refractivity contribution in [2.75, 3.05) is 13.7 Å². The standard InChI is InChI=1S/C24H35N3O6S/c1-17(28)24(26-22(29)30,15-18-8-6-5-7-9-18)27-34(31,32)20-10-11-21(33-4)19(14-20)16-23(2,3)12-13-25/h5-11,14,17,26-28H,12-13,15-16,25H2,1-4H3,(H,29,30)/t17-,24+/m1/s1. The number of nitrogens with two attached hydrogens (primary N) is 1. The fraction of sp³-hybridized carbons (Fsp3) is 0.458. The Morgan fingerprint density at radius 1 is 1.15 bits per heavy atom. The second kappa shape index (κ2) is 11.2. The minimum Gasteiger partial charge on any atom is -0.496 e. The van der Waals surface area contributed by atoms with Gasteiger partial charge in [-0.25, -0.2) is 13.2 Å². The molecule has 0 aliphatic carbocycles. The molecule has 1 amide bonds. The Hall–Kier alpha value is -2.66. The van der Waals surface area contributed by atoms with E-state index in [1.807, 2.05) is 13.8 Å². The number of nitrogens with one attached hydrogen (secondary N) is 2. The summed E-state index contributed by atoms with van der Waals surface area (Å²) in [5.41, 5.74) is 4.95. The summed E-state index contributed by atoms with van der Waals surface area (Å²) in [4.78, 5) is 11.5. The van der Waals surface area contributed by atoms with Crippen LogP contribution in [0.5, 0.6) is 5.75 Å². The van der Waals surface area contributed by atoms with Gasteiger partial charge in [0.05, 0.1) is 18.1 Å². The molecule has 0 fully saturated rings. The zero-order valence-electron chi connectivity index (χ0n) is 20.0. The van der Waals surface area contributed by atoms with Crippen LogP contribution in [-0.4, -0.2) is 50.1 Å². The molecular weight excluding hydrogens is 458 g/mol. The van der Waals surface area contributed by atoms with Gasteiger partial charge in [0.25, 0.3) is 0 Å². The molecule has 188 valence electrons. The maximum atomic E-state index is 13.5. The van der Waals surface area contributed by atoms with Crippen molar-refractivity contribution < 1.29 is 28.2 Å². The SMILES string of the molecule is COc1ccc(S(=O)(=O)N[C@](Cc2ccccc2)(NC(=O)O)[C@@H](C)O)cc1CC(C)(C)CCN. The Balaban J connectivity index is 2.50. The molecule has 0 aliphatic heterocycles. The van der Waals surface area contributed by atoms with E-state index in [0.29, 0.717) is 29.8 Å². The van der Waals surface area contributed by atoms with Crippen LogP contribution in [0.25, 0.3) is 0 Å². The van der Waals surface area contributed by atoms with Crippen molar-refractivity contribution in [3.8, 4) is 5.75 Å². The van der Waals surface area contributed by atoms with Crippen LogP contribution in [0, 0.1) is 5.41 Å². The minimum atomic E-state index is -4.26. The van der Waals surface area contributed by atoms with Gasteiger partial charge in [0.15, 0.2) is 0 Å². The second-order valence-corrected chi connectivity index (χ2v) is 10.9. The van der Waals surface area contributed by atoms with E-state index in [0.717, 1.165) is 6.42 Å². The quantitative estimate of drug-likeness (QED) is 0.285. The number of benzene rings is 2.